The molecule has 1 amide bonds. The highest BCUT2D eigenvalue weighted by molar-refractivity contribution is 14.0. The lowest BCUT2D eigenvalue weighted by molar-refractivity contribution is 0.0926. The number of rotatable bonds is 4. The molecule has 1 aromatic heterocycles. The summed E-state index contributed by atoms with van der Waals surface area (Å²) in [5, 5.41) is 6.03. The Morgan fingerprint density at radius 2 is 2.05 bits per heavy atom. The van der Waals surface area contributed by atoms with E-state index < -0.39 is 0 Å². The zero-order valence-electron chi connectivity index (χ0n) is 11.6. The van der Waals surface area contributed by atoms with E-state index in [0.717, 1.165) is 19.0 Å². The molecule has 1 aliphatic rings. The van der Waals surface area contributed by atoms with Crippen LogP contribution in [0.2, 0.25) is 0 Å². The van der Waals surface area contributed by atoms with E-state index in [-0.39, 0.29) is 29.9 Å². The molecule has 0 aliphatic carbocycles. The highest BCUT2D eigenvalue weighted by Crippen LogP contribution is 2.06. The van der Waals surface area contributed by atoms with E-state index in [0.29, 0.717) is 18.8 Å². The van der Waals surface area contributed by atoms with Crippen molar-refractivity contribution >= 4 is 35.8 Å². The molecule has 2 rings (SSSR count). The molecule has 1 saturated heterocycles. The molecule has 6 nitrogen and oxygen atoms in total. The first-order valence-corrected chi connectivity index (χ1v) is 6.58. The maximum absolute atomic E-state index is 11.6. The van der Waals surface area contributed by atoms with Gasteiger partial charge >= 0.3 is 0 Å². The lowest BCUT2D eigenvalue weighted by atomic mass is 10.4. The van der Waals surface area contributed by atoms with Crippen molar-refractivity contribution in [1.82, 2.24) is 15.5 Å². The molecule has 1 fully saturated rings. The van der Waals surface area contributed by atoms with E-state index in [9.17, 15) is 4.79 Å². The topological polar surface area (TPSA) is 69.9 Å². The Kier molecular flexibility index (Phi) is 7.42. The van der Waals surface area contributed by atoms with E-state index in [1.165, 1.54) is 19.1 Å². The highest BCUT2D eigenvalue weighted by atomic mass is 127. The van der Waals surface area contributed by atoms with Gasteiger partial charge in [-0.25, -0.2) is 0 Å². The lowest BCUT2D eigenvalue weighted by Gasteiger charge is -2.20. The first-order valence-electron chi connectivity index (χ1n) is 6.58. The smallest absolute Gasteiger partial charge is 0.287 e. The normalized spacial score (nSPS) is 14.8. The molecule has 2 N–H and O–H groups in total. The highest BCUT2D eigenvalue weighted by Gasteiger charge is 2.15. The monoisotopic (exact) mass is 392 g/mol. The molecule has 0 saturated carbocycles. The van der Waals surface area contributed by atoms with Crippen LogP contribution >= 0.6 is 24.0 Å². The number of hydrogen-bond acceptors (Lipinski definition) is 3. The largest absolute Gasteiger partial charge is 0.459 e. The van der Waals surface area contributed by atoms with Crippen LogP contribution in [0.1, 0.15) is 23.4 Å². The molecule has 2 heterocycles. The van der Waals surface area contributed by atoms with Crippen molar-refractivity contribution in [2.24, 2.45) is 4.99 Å². The Morgan fingerprint density at radius 1 is 1.35 bits per heavy atom. The number of furan rings is 1. The molecule has 0 radical (unpaired) electrons. The van der Waals surface area contributed by atoms with Crippen LogP contribution in [0, 0.1) is 0 Å². The number of nitrogens with zero attached hydrogens (tertiary/aromatic N) is 2. The number of guanidine groups is 1. The number of halogens is 1. The molecule has 1 aromatic rings. The van der Waals surface area contributed by atoms with Gasteiger partial charge in [0.2, 0.25) is 0 Å². The van der Waals surface area contributed by atoms with Crippen molar-refractivity contribution in [3.63, 3.8) is 0 Å². The van der Waals surface area contributed by atoms with Crippen LogP contribution < -0.4 is 10.6 Å². The fourth-order valence-corrected chi connectivity index (χ4v) is 2.11. The quantitative estimate of drug-likeness (QED) is 0.351. The predicted octanol–water partition coefficient (Wildman–Crippen LogP) is 1.30. The molecule has 112 valence electrons. The molecule has 7 heteroatoms. The van der Waals surface area contributed by atoms with Gasteiger partial charge in [0.1, 0.15) is 0 Å². The Morgan fingerprint density at radius 3 is 2.65 bits per heavy atom. The third kappa shape index (κ3) is 4.69. The second-order valence-electron chi connectivity index (χ2n) is 4.40. The van der Waals surface area contributed by atoms with Crippen LogP contribution in [0.25, 0.3) is 0 Å². The number of carbonyl (C=O) groups excluding carboxylic acids is 1. The molecular formula is C13H21IN4O2. The van der Waals surface area contributed by atoms with Crippen molar-refractivity contribution in [3.05, 3.63) is 24.2 Å². The summed E-state index contributed by atoms with van der Waals surface area (Å²) < 4.78 is 5.01. The second-order valence-corrected chi connectivity index (χ2v) is 4.40. The van der Waals surface area contributed by atoms with Crippen LogP contribution in [0.3, 0.4) is 0 Å². The number of aliphatic imine (C=N–C) groups is 1. The summed E-state index contributed by atoms with van der Waals surface area (Å²) in [6.07, 6.45) is 3.92. The fourth-order valence-electron chi connectivity index (χ4n) is 2.11. The van der Waals surface area contributed by atoms with Gasteiger partial charge in [-0.2, -0.15) is 0 Å². The Balaban J connectivity index is 0.00000200. The van der Waals surface area contributed by atoms with E-state index >= 15 is 0 Å². The lowest BCUT2D eigenvalue weighted by Crippen LogP contribution is -2.42. The van der Waals surface area contributed by atoms with Gasteiger partial charge in [-0.05, 0) is 25.0 Å². The van der Waals surface area contributed by atoms with Crippen LogP contribution in [-0.4, -0.2) is 50.0 Å². The third-order valence-electron chi connectivity index (χ3n) is 3.06. The second kappa shape index (κ2) is 8.83. The van der Waals surface area contributed by atoms with Crippen LogP contribution in [0.4, 0.5) is 0 Å². The summed E-state index contributed by atoms with van der Waals surface area (Å²) in [4.78, 5) is 18.1. The Bertz CT molecular complexity index is 428. The number of nitrogens with one attached hydrogen (secondary N) is 2. The minimum absolute atomic E-state index is 0. The molecule has 0 spiro atoms. The van der Waals surface area contributed by atoms with Crippen LogP contribution in [-0.2, 0) is 0 Å². The van der Waals surface area contributed by atoms with Crippen molar-refractivity contribution in [2.75, 3.05) is 33.2 Å². The standard InChI is InChI=1S/C13H20N4O2.HI/c1-14-13(17-8-2-3-9-17)16-7-6-15-12(18)11-5-4-10-19-11;/h4-5,10H,2-3,6-9H2,1H3,(H,14,16)(H,15,18);1H. The average Bonchev–Trinajstić information content (AvgIpc) is 3.11. The minimum atomic E-state index is -0.192. The third-order valence-corrected chi connectivity index (χ3v) is 3.06. The molecule has 0 aromatic carbocycles. The SMILES string of the molecule is CN=C(NCCNC(=O)c1ccco1)N1CCCC1.I. The summed E-state index contributed by atoms with van der Waals surface area (Å²) >= 11 is 0. The summed E-state index contributed by atoms with van der Waals surface area (Å²) in [6, 6.07) is 3.34. The first-order chi connectivity index (χ1) is 9.31. The van der Waals surface area contributed by atoms with E-state index in [1.807, 2.05) is 0 Å². The van der Waals surface area contributed by atoms with Crippen LogP contribution in [0.15, 0.2) is 27.8 Å². The van der Waals surface area contributed by atoms with Gasteiger partial charge in [0, 0.05) is 33.2 Å². The summed E-state index contributed by atoms with van der Waals surface area (Å²) in [7, 11) is 1.78. The summed E-state index contributed by atoms with van der Waals surface area (Å²) in [6.45, 7) is 3.29. The molecular weight excluding hydrogens is 371 g/mol. The summed E-state index contributed by atoms with van der Waals surface area (Å²) in [5.74, 6) is 1.05. The molecule has 0 unspecified atom stereocenters. The van der Waals surface area contributed by atoms with Gasteiger partial charge in [0.15, 0.2) is 11.7 Å². The first kappa shape index (κ1) is 16.8. The average molecular weight is 392 g/mol. The molecule has 0 bridgehead atoms. The maximum atomic E-state index is 11.6. The fraction of sp³-hybridized carbons (Fsp3) is 0.538. The maximum Gasteiger partial charge on any atom is 0.287 e. The number of amides is 1. The van der Waals surface area contributed by atoms with Gasteiger partial charge in [-0.1, -0.05) is 0 Å². The van der Waals surface area contributed by atoms with Gasteiger partial charge < -0.3 is 20.0 Å². The van der Waals surface area contributed by atoms with Crippen LogP contribution in [0.5, 0.6) is 0 Å². The molecule has 1 aliphatic heterocycles. The predicted molar refractivity (Wildman–Crippen MR) is 88.6 cm³/mol. The van der Waals surface area contributed by atoms with Gasteiger partial charge in [-0.15, -0.1) is 24.0 Å². The number of carbonyl (C=O) groups is 1. The van der Waals surface area contributed by atoms with E-state index in [2.05, 4.69) is 20.5 Å². The van der Waals surface area contributed by atoms with Gasteiger partial charge in [-0.3, -0.25) is 9.79 Å². The molecule has 20 heavy (non-hydrogen) atoms. The summed E-state index contributed by atoms with van der Waals surface area (Å²) in [5.41, 5.74) is 0. The van der Waals surface area contributed by atoms with E-state index in [1.54, 1.807) is 19.2 Å². The Hall–Kier alpha value is -1.25. The minimum Gasteiger partial charge on any atom is -0.459 e. The zero-order chi connectivity index (χ0) is 13.5. The van der Waals surface area contributed by atoms with Gasteiger partial charge in [0.25, 0.3) is 5.91 Å². The molecule has 0 atom stereocenters. The number of hydrogen-bond donors (Lipinski definition) is 2. The zero-order valence-corrected chi connectivity index (χ0v) is 13.9. The van der Waals surface area contributed by atoms with Crippen molar-refractivity contribution in [2.45, 2.75) is 12.8 Å². The van der Waals surface area contributed by atoms with Crippen molar-refractivity contribution in [3.8, 4) is 0 Å². The number of likely N-dealkylation sites (tertiary alicyclic amines) is 1. The van der Waals surface area contributed by atoms with Crippen molar-refractivity contribution < 1.29 is 9.21 Å². The Labute approximate surface area is 136 Å². The van der Waals surface area contributed by atoms with Crippen molar-refractivity contribution in [1.29, 1.82) is 0 Å². The van der Waals surface area contributed by atoms with E-state index in [4.69, 9.17) is 4.42 Å². The van der Waals surface area contributed by atoms with Gasteiger partial charge in [0.05, 0.1) is 6.26 Å².